The summed E-state index contributed by atoms with van der Waals surface area (Å²) in [6, 6.07) is 13.3. The highest BCUT2D eigenvalue weighted by Gasteiger charge is 2.18. The molecule has 0 N–H and O–H groups in total. The summed E-state index contributed by atoms with van der Waals surface area (Å²) in [6.45, 7) is 2.32. The largest absolute Gasteiger partial charge is 0.411 e. The number of nitrogens with zero attached hydrogens (tertiary/aromatic N) is 5. The summed E-state index contributed by atoms with van der Waals surface area (Å²) in [5.41, 5.74) is 2.59. The van der Waals surface area contributed by atoms with E-state index in [0.717, 1.165) is 16.8 Å². The third-order valence-corrected chi connectivity index (χ3v) is 4.53. The molecule has 0 saturated heterocycles. The van der Waals surface area contributed by atoms with Gasteiger partial charge in [-0.15, -0.1) is 10.2 Å². The van der Waals surface area contributed by atoms with Crippen LogP contribution in [-0.2, 0) is 4.79 Å². The Balaban J connectivity index is 1.66. The lowest BCUT2D eigenvalue weighted by Gasteiger charge is -2.21. The first-order valence-corrected chi connectivity index (χ1v) is 9.26. The van der Waals surface area contributed by atoms with E-state index in [2.05, 4.69) is 21.3 Å². The fourth-order valence-corrected chi connectivity index (χ4v) is 3.00. The maximum Gasteiger partial charge on any atom is 0.277 e. The van der Waals surface area contributed by atoms with Crippen molar-refractivity contribution < 1.29 is 9.21 Å². The average molecular weight is 379 g/mol. The Bertz CT molecular complexity index is 935. The first kappa shape index (κ1) is 18.6. The molecule has 0 radical (unpaired) electrons. The van der Waals surface area contributed by atoms with Gasteiger partial charge in [0, 0.05) is 24.6 Å². The summed E-state index contributed by atoms with van der Waals surface area (Å²) >= 11 is 1.17. The second kappa shape index (κ2) is 8.96. The SMILES string of the molecule is Cc1ccc(N(CCC#N)C(=O)CSc2nnc(-c3cccnc3)o2)cc1. The van der Waals surface area contributed by atoms with Crippen LogP contribution < -0.4 is 4.90 Å². The van der Waals surface area contributed by atoms with Gasteiger partial charge in [0.05, 0.1) is 23.8 Å². The molecule has 7 nitrogen and oxygen atoms in total. The van der Waals surface area contributed by atoms with Crippen LogP contribution in [0.25, 0.3) is 11.5 Å². The number of pyridine rings is 1. The molecule has 0 atom stereocenters. The molecule has 3 rings (SSSR count). The molecule has 2 heterocycles. The van der Waals surface area contributed by atoms with Crippen molar-refractivity contribution in [2.24, 2.45) is 0 Å². The zero-order valence-electron chi connectivity index (χ0n) is 14.7. The van der Waals surface area contributed by atoms with Gasteiger partial charge in [-0.05, 0) is 31.2 Å². The van der Waals surface area contributed by atoms with Gasteiger partial charge in [0.15, 0.2) is 0 Å². The summed E-state index contributed by atoms with van der Waals surface area (Å²) < 4.78 is 5.58. The quantitative estimate of drug-likeness (QED) is 0.580. The number of amides is 1. The van der Waals surface area contributed by atoms with Crippen LogP contribution in [0.2, 0.25) is 0 Å². The zero-order valence-corrected chi connectivity index (χ0v) is 15.5. The molecule has 8 heteroatoms. The van der Waals surface area contributed by atoms with E-state index < -0.39 is 0 Å². The van der Waals surface area contributed by atoms with Gasteiger partial charge in [-0.2, -0.15) is 5.26 Å². The van der Waals surface area contributed by atoms with Gasteiger partial charge >= 0.3 is 0 Å². The number of carbonyl (C=O) groups excluding carboxylic acids is 1. The van der Waals surface area contributed by atoms with E-state index in [4.69, 9.17) is 9.68 Å². The van der Waals surface area contributed by atoms with E-state index in [9.17, 15) is 4.79 Å². The number of nitriles is 1. The molecule has 2 aromatic heterocycles. The predicted octanol–water partition coefficient (Wildman–Crippen LogP) is 3.48. The minimum absolute atomic E-state index is 0.125. The molecule has 136 valence electrons. The van der Waals surface area contributed by atoms with E-state index in [1.165, 1.54) is 11.8 Å². The summed E-state index contributed by atoms with van der Waals surface area (Å²) in [5, 5.41) is 17.1. The van der Waals surface area contributed by atoms with E-state index >= 15 is 0 Å². The van der Waals surface area contributed by atoms with Gasteiger partial charge in [-0.25, -0.2) is 0 Å². The number of hydrogen-bond acceptors (Lipinski definition) is 7. The summed E-state index contributed by atoms with van der Waals surface area (Å²) in [4.78, 5) is 18.3. The number of carbonyl (C=O) groups is 1. The first-order chi connectivity index (χ1) is 13.2. The van der Waals surface area contributed by atoms with Crippen LogP contribution in [0.3, 0.4) is 0 Å². The lowest BCUT2D eigenvalue weighted by molar-refractivity contribution is -0.116. The number of benzene rings is 1. The van der Waals surface area contributed by atoms with Gasteiger partial charge in [0.25, 0.3) is 5.22 Å². The molecular formula is C19H17N5O2S. The molecule has 27 heavy (non-hydrogen) atoms. The van der Waals surface area contributed by atoms with E-state index in [-0.39, 0.29) is 18.1 Å². The Morgan fingerprint density at radius 3 is 2.78 bits per heavy atom. The van der Waals surface area contributed by atoms with Crippen LogP contribution in [0.1, 0.15) is 12.0 Å². The number of aromatic nitrogens is 3. The van der Waals surface area contributed by atoms with Crippen molar-refractivity contribution in [2.45, 2.75) is 18.6 Å². The Labute approximate surface area is 161 Å². The van der Waals surface area contributed by atoms with Gasteiger partial charge in [0.2, 0.25) is 11.8 Å². The highest BCUT2D eigenvalue weighted by molar-refractivity contribution is 7.99. The minimum atomic E-state index is -0.125. The Kier molecular flexibility index (Phi) is 6.18. The number of hydrogen-bond donors (Lipinski definition) is 0. The number of anilines is 1. The van der Waals surface area contributed by atoms with Crippen LogP contribution in [0.4, 0.5) is 5.69 Å². The third-order valence-electron chi connectivity index (χ3n) is 3.73. The second-order valence-electron chi connectivity index (χ2n) is 5.69. The van der Waals surface area contributed by atoms with Crippen LogP contribution in [0.5, 0.6) is 0 Å². The summed E-state index contributed by atoms with van der Waals surface area (Å²) in [5.74, 6) is 0.367. The lowest BCUT2D eigenvalue weighted by Crippen LogP contribution is -2.33. The van der Waals surface area contributed by atoms with E-state index in [1.54, 1.807) is 23.4 Å². The van der Waals surface area contributed by atoms with Crippen LogP contribution in [0, 0.1) is 18.3 Å². The topological polar surface area (TPSA) is 95.9 Å². The van der Waals surface area contributed by atoms with Crippen molar-refractivity contribution in [1.82, 2.24) is 15.2 Å². The highest BCUT2D eigenvalue weighted by atomic mass is 32.2. The molecule has 1 amide bonds. The molecule has 0 spiro atoms. The Hall–Kier alpha value is -3.18. The van der Waals surface area contributed by atoms with Gasteiger partial charge < -0.3 is 9.32 Å². The van der Waals surface area contributed by atoms with Gasteiger partial charge in [-0.1, -0.05) is 29.5 Å². The van der Waals surface area contributed by atoms with Gasteiger partial charge in [0.1, 0.15) is 0 Å². The fourth-order valence-electron chi connectivity index (χ4n) is 2.36. The van der Waals surface area contributed by atoms with Crippen molar-refractivity contribution in [3.05, 3.63) is 54.4 Å². The Morgan fingerprint density at radius 1 is 1.26 bits per heavy atom. The van der Waals surface area contributed by atoms with Crippen molar-refractivity contribution in [2.75, 3.05) is 17.2 Å². The van der Waals surface area contributed by atoms with Gasteiger partial charge in [-0.3, -0.25) is 9.78 Å². The maximum atomic E-state index is 12.7. The summed E-state index contributed by atoms with van der Waals surface area (Å²) in [6.07, 6.45) is 3.55. The Morgan fingerprint density at radius 2 is 2.07 bits per heavy atom. The van der Waals surface area contributed by atoms with Crippen LogP contribution in [-0.4, -0.2) is 33.4 Å². The average Bonchev–Trinajstić information content (AvgIpc) is 3.18. The highest BCUT2D eigenvalue weighted by Crippen LogP contribution is 2.24. The number of rotatable bonds is 7. The number of thioether (sulfide) groups is 1. The summed E-state index contributed by atoms with van der Waals surface area (Å²) in [7, 11) is 0. The fraction of sp³-hybridized carbons (Fsp3) is 0.211. The molecule has 0 aliphatic heterocycles. The van der Waals surface area contributed by atoms with Crippen LogP contribution in [0.15, 0.2) is 58.4 Å². The van der Waals surface area contributed by atoms with E-state index in [0.29, 0.717) is 17.7 Å². The van der Waals surface area contributed by atoms with Crippen molar-refractivity contribution in [3.63, 3.8) is 0 Å². The normalized spacial score (nSPS) is 10.4. The molecular weight excluding hydrogens is 362 g/mol. The molecule has 3 aromatic rings. The molecule has 1 aromatic carbocycles. The molecule has 0 aliphatic carbocycles. The van der Waals surface area contributed by atoms with Crippen LogP contribution >= 0.6 is 11.8 Å². The molecule has 0 aliphatic rings. The monoisotopic (exact) mass is 379 g/mol. The third kappa shape index (κ3) is 4.92. The lowest BCUT2D eigenvalue weighted by atomic mass is 10.2. The smallest absolute Gasteiger partial charge is 0.277 e. The first-order valence-electron chi connectivity index (χ1n) is 8.28. The zero-order chi connectivity index (χ0) is 19.1. The molecule has 0 bridgehead atoms. The maximum absolute atomic E-state index is 12.7. The second-order valence-corrected chi connectivity index (χ2v) is 6.62. The molecule has 0 fully saturated rings. The standard InChI is InChI=1S/C19H17N5O2S/c1-14-5-7-16(8-6-14)24(11-3-9-20)17(25)13-27-19-23-22-18(26-19)15-4-2-10-21-12-15/h2,4-8,10,12H,3,11,13H2,1H3. The molecule has 0 unspecified atom stereocenters. The van der Waals surface area contributed by atoms with Crippen molar-refractivity contribution >= 4 is 23.4 Å². The van der Waals surface area contributed by atoms with E-state index in [1.807, 2.05) is 37.3 Å². The molecule has 0 saturated carbocycles. The number of aryl methyl sites for hydroxylation is 1. The predicted molar refractivity (Wildman–Crippen MR) is 102 cm³/mol. The minimum Gasteiger partial charge on any atom is -0.411 e. The van der Waals surface area contributed by atoms with Crippen molar-refractivity contribution in [3.8, 4) is 17.5 Å². The van der Waals surface area contributed by atoms with Crippen molar-refractivity contribution in [1.29, 1.82) is 5.26 Å².